The fourth-order valence-corrected chi connectivity index (χ4v) is 5.32. The highest BCUT2D eigenvalue weighted by Crippen LogP contribution is 2.34. The third-order valence-corrected chi connectivity index (χ3v) is 7.79. The Morgan fingerprint density at radius 2 is 1.62 bits per heavy atom. The molecule has 6 nitrogen and oxygen atoms in total. The van der Waals surface area contributed by atoms with Crippen molar-refractivity contribution in [1.82, 2.24) is 10.6 Å². The van der Waals surface area contributed by atoms with E-state index in [-0.39, 0.29) is 24.9 Å². The first-order valence-electron chi connectivity index (χ1n) is 14.0. The molecule has 1 fully saturated rings. The van der Waals surface area contributed by atoms with Crippen LogP contribution in [0.4, 0.5) is 5.69 Å². The number of hydrogen-bond acceptors (Lipinski definition) is 4. The van der Waals surface area contributed by atoms with E-state index in [4.69, 9.17) is 16.7 Å². The van der Waals surface area contributed by atoms with Crippen LogP contribution in [-0.2, 0) is 11.3 Å². The molecular weight excluding hydrogens is 522 g/mol. The summed E-state index contributed by atoms with van der Waals surface area (Å²) in [6.45, 7) is 7.14. The van der Waals surface area contributed by atoms with E-state index in [2.05, 4.69) is 53.3 Å². The number of hydrogen-bond donors (Lipinski definition) is 3. The van der Waals surface area contributed by atoms with E-state index >= 15 is 0 Å². The van der Waals surface area contributed by atoms with Gasteiger partial charge in [-0.05, 0) is 78.8 Å². The maximum Gasteiger partial charge on any atom is 0.305 e. The molecule has 0 spiro atoms. The number of nitrogens with one attached hydrogen (secondary N) is 2. The number of benzene rings is 3. The molecule has 0 heterocycles. The van der Waals surface area contributed by atoms with Gasteiger partial charge in [0.15, 0.2) is 0 Å². The Bertz CT molecular complexity index is 1280. The highest BCUT2D eigenvalue weighted by atomic mass is 35.5. The van der Waals surface area contributed by atoms with E-state index in [1.807, 2.05) is 36.4 Å². The lowest BCUT2D eigenvalue weighted by atomic mass is 9.84. The second-order valence-electron chi connectivity index (χ2n) is 10.5. The zero-order valence-electron chi connectivity index (χ0n) is 23.0. The maximum absolute atomic E-state index is 12.4. The smallest absolute Gasteiger partial charge is 0.305 e. The van der Waals surface area contributed by atoms with Crippen LogP contribution in [-0.4, -0.2) is 23.5 Å². The first-order chi connectivity index (χ1) is 19.3. The number of anilines is 1. The Morgan fingerprint density at radius 3 is 2.25 bits per heavy atom. The van der Waals surface area contributed by atoms with Gasteiger partial charge in [0.2, 0.25) is 0 Å². The molecule has 0 aliphatic heterocycles. The fraction of sp³-hybridized carbons (Fsp3) is 0.333. The normalized spacial score (nSPS) is 14.2. The molecular formula is C33H38ClN3O3. The topological polar surface area (TPSA) is 81.7 Å². The van der Waals surface area contributed by atoms with Crippen LogP contribution < -0.4 is 15.5 Å². The molecule has 0 radical (unpaired) electrons. The molecule has 40 heavy (non-hydrogen) atoms. The molecule has 1 amide bonds. The standard InChI is InChI=1S/C33H38ClN3O3/c1-23(26-12-16-30(34)17-13-26)36-24(2)37(31-18-14-28(15-19-31)27-6-4-3-5-7-27)22-25-8-10-29(11-9-25)33(40)35-21-20-32(38)39/h8-19,23,27,36H,2-7,20-22H2,1H3,(H,35,40)(H,38,39). The van der Waals surface area contributed by atoms with E-state index in [1.165, 1.54) is 37.7 Å². The van der Waals surface area contributed by atoms with Crippen molar-refractivity contribution in [3.05, 3.63) is 112 Å². The number of rotatable bonds is 12. The first kappa shape index (κ1) is 29.2. The molecule has 210 valence electrons. The molecule has 1 aliphatic carbocycles. The number of amides is 1. The number of carbonyl (C=O) groups excluding carboxylic acids is 1. The van der Waals surface area contributed by atoms with E-state index in [9.17, 15) is 9.59 Å². The van der Waals surface area contributed by atoms with Crippen molar-refractivity contribution in [2.24, 2.45) is 0 Å². The number of carbonyl (C=O) groups is 2. The lowest BCUT2D eigenvalue weighted by molar-refractivity contribution is -0.136. The van der Waals surface area contributed by atoms with Crippen molar-refractivity contribution in [2.45, 2.75) is 64.0 Å². The Hall–Kier alpha value is -3.77. The van der Waals surface area contributed by atoms with Gasteiger partial charge in [-0.1, -0.05) is 73.8 Å². The fourth-order valence-electron chi connectivity index (χ4n) is 5.20. The van der Waals surface area contributed by atoms with Crippen LogP contribution in [0.2, 0.25) is 5.02 Å². The van der Waals surface area contributed by atoms with Crippen molar-refractivity contribution in [1.29, 1.82) is 0 Å². The zero-order valence-corrected chi connectivity index (χ0v) is 23.8. The van der Waals surface area contributed by atoms with Crippen LogP contribution in [0, 0.1) is 0 Å². The Labute approximate surface area is 242 Å². The number of carboxylic acids is 1. The number of aliphatic carboxylic acids is 1. The lowest BCUT2D eigenvalue weighted by Crippen LogP contribution is -2.32. The summed E-state index contributed by atoms with van der Waals surface area (Å²) < 4.78 is 0. The monoisotopic (exact) mass is 559 g/mol. The summed E-state index contributed by atoms with van der Waals surface area (Å²) in [5.41, 5.74) is 5.05. The number of halogens is 1. The number of carboxylic acid groups (broad SMARTS) is 1. The SMILES string of the molecule is C=C(NC(C)c1ccc(Cl)cc1)N(Cc1ccc(C(=O)NCCC(=O)O)cc1)c1ccc(C2CCCCC2)cc1. The van der Waals surface area contributed by atoms with Crippen LogP contribution in [0.3, 0.4) is 0 Å². The van der Waals surface area contributed by atoms with Gasteiger partial charge in [0.05, 0.1) is 12.2 Å². The summed E-state index contributed by atoms with van der Waals surface area (Å²) in [4.78, 5) is 25.3. The Kier molecular flexibility index (Phi) is 10.3. The molecule has 1 saturated carbocycles. The van der Waals surface area contributed by atoms with Crippen molar-refractivity contribution >= 4 is 29.2 Å². The molecule has 1 unspecified atom stereocenters. The van der Waals surface area contributed by atoms with Crippen molar-refractivity contribution < 1.29 is 14.7 Å². The summed E-state index contributed by atoms with van der Waals surface area (Å²) in [5.74, 6) is 0.174. The zero-order chi connectivity index (χ0) is 28.5. The van der Waals surface area contributed by atoms with E-state index < -0.39 is 5.97 Å². The molecule has 1 aliphatic rings. The van der Waals surface area contributed by atoms with Crippen LogP contribution in [0.5, 0.6) is 0 Å². The lowest BCUT2D eigenvalue weighted by Gasteiger charge is -2.31. The molecule has 1 atom stereocenters. The quantitative estimate of drug-likeness (QED) is 0.215. The summed E-state index contributed by atoms with van der Waals surface area (Å²) in [6, 6.07) is 24.0. The summed E-state index contributed by atoms with van der Waals surface area (Å²) >= 11 is 6.08. The number of nitrogens with zero attached hydrogens (tertiary/aromatic N) is 1. The van der Waals surface area contributed by atoms with E-state index in [0.717, 1.165) is 22.6 Å². The minimum absolute atomic E-state index is 0.0191. The average Bonchev–Trinajstić information content (AvgIpc) is 2.97. The van der Waals surface area contributed by atoms with Gasteiger partial charge >= 0.3 is 5.97 Å². The highest BCUT2D eigenvalue weighted by molar-refractivity contribution is 6.30. The van der Waals surface area contributed by atoms with Gasteiger partial charge in [-0.25, -0.2) is 0 Å². The van der Waals surface area contributed by atoms with Gasteiger partial charge in [0, 0.05) is 35.4 Å². The van der Waals surface area contributed by atoms with Crippen LogP contribution in [0.1, 0.15) is 84.5 Å². The van der Waals surface area contributed by atoms with Crippen LogP contribution >= 0.6 is 11.6 Å². The first-order valence-corrected chi connectivity index (χ1v) is 14.4. The molecule has 7 heteroatoms. The maximum atomic E-state index is 12.4. The summed E-state index contributed by atoms with van der Waals surface area (Å²) in [6.07, 6.45) is 6.34. The van der Waals surface area contributed by atoms with Crippen LogP contribution in [0.15, 0.2) is 85.2 Å². The highest BCUT2D eigenvalue weighted by Gasteiger charge is 2.18. The van der Waals surface area contributed by atoms with Gasteiger partial charge < -0.3 is 20.6 Å². The Balaban J connectivity index is 1.51. The van der Waals surface area contributed by atoms with Gasteiger partial charge in [-0.2, -0.15) is 0 Å². The van der Waals surface area contributed by atoms with Gasteiger partial charge in [0.1, 0.15) is 0 Å². The van der Waals surface area contributed by atoms with Crippen molar-refractivity contribution in [3.8, 4) is 0 Å². The van der Waals surface area contributed by atoms with E-state index in [1.54, 1.807) is 12.1 Å². The van der Waals surface area contributed by atoms with Gasteiger partial charge in [-0.15, -0.1) is 0 Å². The van der Waals surface area contributed by atoms with Crippen molar-refractivity contribution in [3.63, 3.8) is 0 Å². The average molecular weight is 560 g/mol. The molecule has 3 N–H and O–H groups in total. The second kappa shape index (κ2) is 14.0. The minimum Gasteiger partial charge on any atom is -0.481 e. The Morgan fingerprint density at radius 1 is 0.975 bits per heavy atom. The van der Waals surface area contributed by atoms with Crippen LogP contribution in [0.25, 0.3) is 0 Å². The summed E-state index contributed by atoms with van der Waals surface area (Å²) in [5, 5.41) is 15.7. The third-order valence-electron chi connectivity index (χ3n) is 7.54. The summed E-state index contributed by atoms with van der Waals surface area (Å²) in [7, 11) is 0. The third kappa shape index (κ3) is 8.12. The van der Waals surface area contributed by atoms with E-state index in [0.29, 0.717) is 23.0 Å². The molecule has 0 saturated heterocycles. The molecule has 3 aromatic carbocycles. The molecule has 4 rings (SSSR count). The molecule has 3 aromatic rings. The molecule has 0 bridgehead atoms. The minimum atomic E-state index is -0.943. The predicted octanol–water partition coefficient (Wildman–Crippen LogP) is 7.42. The largest absolute Gasteiger partial charge is 0.481 e. The van der Waals surface area contributed by atoms with Crippen molar-refractivity contribution in [2.75, 3.05) is 11.4 Å². The second-order valence-corrected chi connectivity index (χ2v) is 10.9. The molecule has 0 aromatic heterocycles. The predicted molar refractivity (Wildman–Crippen MR) is 162 cm³/mol. The van der Waals surface area contributed by atoms with Gasteiger partial charge in [-0.3, -0.25) is 9.59 Å². The van der Waals surface area contributed by atoms with Gasteiger partial charge in [0.25, 0.3) is 5.91 Å².